The molecule has 0 aliphatic carbocycles. The molecule has 140 valence electrons. The molecule has 0 saturated heterocycles. The van der Waals surface area contributed by atoms with Crippen LogP contribution >= 0.6 is 0 Å². The van der Waals surface area contributed by atoms with E-state index in [0.29, 0.717) is 24.5 Å². The van der Waals surface area contributed by atoms with Crippen LogP contribution in [0.3, 0.4) is 0 Å². The number of rotatable bonds is 4. The van der Waals surface area contributed by atoms with Gasteiger partial charge in [-0.25, -0.2) is 4.79 Å². The Morgan fingerprint density at radius 3 is 2.79 bits per heavy atom. The van der Waals surface area contributed by atoms with E-state index in [2.05, 4.69) is 4.98 Å². The van der Waals surface area contributed by atoms with Gasteiger partial charge in [0.2, 0.25) is 0 Å². The third-order valence-electron chi connectivity index (χ3n) is 4.68. The van der Waals surface area contributed by atoms with Crippen LogP contribution < -0.4 is 4.74 Å². The Hall–Kier alpha value is -3.47. The number of fused-ring (bicyclic) bond motifs is 2. The maximum Gasteiger partial charge on any atom is 0.337 e. The van der Waals surface area contributed by atoms with Gasteiger partial charge in [0, 0.05) is 36.0 Å². The summed E-state index contributed by atoms with van der Waals surface area (Å²) in [7, 11) is 1.38. The monoisotopic (exact) mass is 372 g/mol. The zero-order valence-corrected chi connectivity index (χ0v) is 15.6. The van der Waals surface area contributed by atoms with Crippen LogP contribution in [0.4, 0.5) is 0 Å². The minimum absolute atomic E-state index is 0.381. The quantitative estimate of drug-likeness (QED) is 0.653. The van der Waals surface area contributed by atoms with E-state index in [0.717, 1.165) is 34.5 Å². The minimum atomic E-state index is -0.381. The second-order valence-corrected chi connectivity index (χ2v) is 6.45. The molecular weight excluding hydrogens is 352 g/mol. The Labute approximate surface area is 163 Å². The molecule has 0 fully saturated rings. The first-order chi connectivity index (χ1) is 13.8. The molecule has 0 N–H and O–H groups in total. The Kier molecular flexibility index (Phi) is 5.15. The molecule has 1 aliphatic heterocycles. The normalized spacial score (nSPS) is 13.8. The average molecular weight is 372 g/mol. The van der Waals surface area contributed by atoms with Crippen molar-refractivity contribution in [2.75, 3.05) is 13.7 Å². The predicted octanol–water partition coefficient (Wildman–Crippen LogP) is 3.84. The highest BCUT2D eigenvalue weighted by atomic mass is 16.5. The summed E-state index contributed by atoms with van der Waals surface area (Å²) in [6.45, 7) is 1.04. The summed E-state index contributed by atoms with van der Waals surface area (Å²) in [4.78, 5) is 21.3. The number of aromatic nitrogens is 1. The van der Waals surface area contributed by atoms with Crippen molar-refractivity contribution >= 4 is 11.7 Å². The molecule has 0 unspecified atom stereocenters. The lowest BCUT2D eigenvalue weighted by atomic mass is 9.96. The van der Waals surface area contributed by atoms with Gasteiger partial charge in [0.15, 0.2) is 0 Å². The molecule has 4 rings (SSSR count). The maximum atomic E-state index is 12.0. The summed E-state index contributed by atoms with van der Waals surface area (Å²) < 4.78 is 10.9. The minimum Gasteiger partial charge on any atom is -0.488 e. The fourth-order valence-corrected chi connectivity index (χ4v) is 3.26. The molecule has 0 saturated carbocycles. The van der Waals surface area contributed by atoms with Crippen LogP contribution in [0.1, 0.15) is 32.7 Å². The van der Waals surface area contributed by atoms with Gasteiger partial charge >= 0.3 is 5.97 Å². The van der Waals surface area contributed by atoms with Crippen LogP contribution in [0, 0.1) is 0 Å². The van der Waals surface area contributed by atoms with Gasteiger partial charge < -0.3 is 9.47 Å². The molecule has 5 heteroatoms. The van der Waals surface area contributed by atoms with Crippen molar-refractivity contribution in [1.29, 1.82) is 0 Å². The van der Waals surface area contributed by atoms with Gasteiger partial charge in [-0.3, -0.25) is 9.98 Å². The number of carbonyl (C=O) groups is 1. The second kappa shape index (κ2) is 8.05. The van der Waals surface area contributed by atoms with Crippen molar-refractivity contribution in [3.63, 3.8) is 0 Å². The topological polar surface area (TPSA) is 60.8 Å². The van der Waals surface area contributed by atoms with Gasteiger partial charge in [0.25, 0.3) is 0 Å². The first-order valence-electron chi connectivity index (χ1n) is 9.14. The van der Waals surface area contributed by atoms with Crippen molar-refractivity contribution in [1.82, 2.24) is 4.98 Å². The fraction of sp³-hybridized carbons (Fsp3) is 0.174. The van der Waals surface area contributed by atoms with E-state index in [1.165, 1.54) is 7.11 Å². The number of benzene rings is 2. The number of esters is 1. The molecule has 5 nitrogen and oxygen atoms in total. The Morgan fingerprint density at radius 1 is 1.11 bits per heavy atom. The van der Waals surface area contributed by atoms with Crippen molar-refractivity contribution in [2.45, 2.75) is 13.0 Å². The van der Waals surface area contributed by atoms with E-state index < -0.39 is 0 Å². The summed E-state index contributed by atoms with van der Waals surface area (Å²) in [5.74, 6) is 0.327. The number of aliphatic imine (C=N–C) groups is 1. The number of methoxy groups -OCH3 is 1. The fourth-order valence-electron chi connectivity index (χ4n) is 3.26. The molecule has 1 aromatic heterocycles. The zero-order chi connectivity index (χ0) is 19.3. The zero-order valence-electron chi connectivity index (χ0n) is 15.6. The summed E-state index contributed by atoms with van der Waals surface area (Å²) in [6, 6.07) is 19.2. The lowest BCUT2D eigenvalue weighted by Crippen LogP contribution is -2.09. The molecule has 3 aromatic rings. The summed E-state index contributed by atoms with van der Waals surface area (Å²) in [6.07, 6.45) is 2.52. The third kappa shape index (κ3) is 3.64. The highest BCUT2D eigenvalue weighted by Gasteiger charge is 2.22. The van der Waals surface area contributed by atoms with Gasteiger partial charge in [-0.15, -0.1) is 0 Å². The molecule has 0 atom stereocenters. The van der Waals surface area contributed by atoms with Crippen LogP contribution in [0.2, 0.25) is 0 Å². The number of hydrogen-bond acceptors (Lipinski definition) is 5. The Morgan fingerprint density at radius 2 is 1.96 bits per heavy atom. The lowest BCUT2D eigenvalue weighted by molar-refractivity contribution is 0.0600. The van der Waals surface area contributed by atoms with Crippen molar-refractivity contribution in [3.8, 4) is 5.75 Å². The SMILES string of the molecule is COC(=O)c1ccc2c(c1)C(=NCCc1ccccn1)c1ccccc1CO2. The Bertz CT molecular complexity index is 1030. The third-order valence-corrected chi connectivity index (χ3v) is 4.68. The van der Waals surface area contributed by atoms with E-state index in [1.54, 1.807) is 18.3 Å². The molecule has 0 bridgehead atoms. The first kappa shape index (κ1) is 17.9. The number of carbonyl (C=O) groups excluding carboxylic acids is 1. The van der Waals surface area contributed by atoms with Gasteiger partial charge in [-0.05, 0) is 35.9 Å². The Balaban J connectivity index is 1.76. The first-order valence-corrected chi connectivity index (χ1v) is 9.14. The largest absolute Gasteiger partial charge is 0.488 e. The number of pyridine rings is 1. The average Bonchev–Trinajstić information content (AvgIpc) is 2.91. The summed E-state index contributed by atoms with van der Waals surface area (Å²) in [5, 5.41) is 0. The lowest BCUT2D eigenvalue weighted by Gasteiger charge is -2.11. The van der Waals surface area contributed by atoms with Crippen LogP contribution in [0.25, 0.3) is 0 Å². The van der Waals surface area contributed by atoms with Crippen LogP contribution in [0.15, 0.2) is 71.9 Å². The maximum absolute atomic E-state index is 12.0. The van der Waals surface area contributed by atoms with E-state index >= 15 is 0 Å². The van der Waals surface area contributed by atoms with Crippen molar-refractivity contribution in [3.05, 3.63) is 94.8 Å². The van der Waals surface area contributed by atoms with Gasteiger partial charge in [-0.2, -0.15) is 0 Å². The summed E-state index contributed by atoms with van der Waals surface area (Å²) in [5.41, 5.74) is 5.17. The molecular formula is C23H20N2O3. The van der Waals surface area contributed by atoms with Gasteiger partial charge in [-0.1, -0.05) is 30.3 Å². The van der Waals surface area contributed by atoms with E-state index in [9.17, 15) is 4.79 Å². The smallest absolute Gasteiger partial charge is 0.337 e. The number of ether oxygens (including phenoxy) is 2. The van der Waals surface area contributed by atoms with Gasteiger partial charge in [0.1, 0.15) is 12.4 Å². The van der Waals surface area contributed by atoms with Crippen molar-refractivity contribution < 1.29 is 14.3 Å². The molecule has 1 aliphatic rings. The van der Waals surface area contributed by atoms with E-state index in [1.807, 2.05) is 48.5 Å². The van der Waals surface area contributed by atoms with E-state index in [-0.39, 0.29) is 5.97 Å². The highest BCUT2D eigenvalue weighted by molar-refractivity contribution is 6.16. The van der Waals surface area contributed by atoms with E-state index in [4.69, 9.17) is 14.5 Å². The van der Waals surface area contributed by atoms with Crippen LogP contribution in [-0.4, -0.2) is 30.3 Å². The van der Waals surface area contributed by atoms with Crippen molar-refractivity contribution in [2.24, 2.45) is 4.99 Å². The molecule has 2 heterocycles. The molecule has 0 radical (unpaired) electrons. The predicted molar refractivity (Wildman–Crippen MR) is 107 cm³/mol. The van der Waals surface area contributed by atoms with Gasteiger partial charge in [0.05, 0.1) is 18.4 Å². The molecule has 0 amide bonds. The summed E-state index contributed by atoms with van der Waals surface area (Å²) >= 11 is 0. The standard InChI is InChI=1S/C23H20N2O3/c1-27-23(26)16-9-10-21-20(14-16)22(19-8-3-2-6-17(19)15-28-21)25-13-11-18-7-4-5-12-24-18/h2-10,12,14H,11,13,15H2,1H3. The molecule has 28 heavy (non-hydrogen) atoms. The number of nitrogens with zero attached hydrogens (tertiary/aromatic N) is 2. The number of hydrogen-bond donors (Lipinski definition) is 0. The van der Waals surface area contributed by atoms with Crippen LogP contribution in [0.5, 0.6) is 5.75 Å². The molecule has 0 spiro atoms. The van der Waals surface area contributed by atoms with Crippen LogP contribution in [-0.2, 0) is 17.8 Å². The molecule has 2 aromatic carbocycles. The highest BCUT2D eigenvalue weighted by Crippen LogP contribution is 2.30. The second-order valence-electron chi connectivity index (χ2n) is 6.45.